The zero-order valence-electron chi connectivity index (χ0n) is 18.2. The molecule has 1 fully saturated rings. The molecular weight excluding hydrogens is 378 g/mol. The Morgan fingerprint density at radius 2 is 1.93 bits per heavy atom. The first-order valence-electron chi connectivity index (χ1n) is 10.8. The third-order valence-electron chi connectivity index (χ3n) is 5.44. The fraction of sp³-hybridized carbons (Fsp3) is 0.522. The average molecular weight is 414 g/mol. The molecule has 7 nitrogen and oxygen atoms in total. The third-order valence-corrected chi connectivity index (χ3v) is 5.44. The summed E-state index contributed by atoms with van der Waals surface area (Å²) in [7, 11) is 3.52. The molecule has 3 N–H and O–H groups in total. The summed E-state index contributed by atoms with van der Waals surface area (Å²) in [5, 5.41) is 10.2. The smallest absolute Gasteiger partial charge is 0.191 e. The van der Waals surface area contributed by atoms with Crippen molar-refractivity contribution >= 4 is 11.6 Å². The van der Waals surface area contributed by atoms with Crippen LogP contribution in [0.4, 0.5) is 5.69 Å². The first-order valence-corrected chi connectivity index (χ1v) is 10.8. The van der Waals surface area contributed by atoms with E-state index in [0.29, 0.717) is 13.2 Å². The Labute approximate surface area is 179 Å². The van der Waals surface area contributed by atoms with E-state index in [1.807, 2.05) is 6.07 Å². The molecule has 0 saturated carbocycles. The van der Waals surface area contributed by atoms with E-state index in [0.717, 1.165) is 43.6 Å². The van der Waals surface area contributed by atoms with E-state index in [1.165, 1.54) is 24.8 Å². The number of ether oxygens (including phenoxy) is 1. The number of guanidine groups is 1. The Hall–Kier alpha value is -2.51. The van der Waals surface area contributed by atoms with Crippen LogP contribution in [-0.2, 0) is 11.3 Å². The monoisotopic (exact) mass is 413 g/mol. The highest BCUT2D eigenvalue weighted by atomic mass is 16.5. The molecule has 1 saturated heterocycles. The number of aliphatic imine (C=N–C) groups is 1. The maximum Gasteiger partial charge on any atom is 0.191 e. The zero-order valence-corrected chi connectivity index (χ0v) is 18.2. The summed E-state index contributed by atoms with van der Waals surface area (Å²) in [4.78, 5) is 6.90. The van der Waals surface area contributed by atoms with E-state index in [9.17, 15) is 0 Å². The van der Waals surface area contributed by atoms with Gasteiger partial charge >= 0.3 is 0 Å². The van der Waals surface area contributed by atoms with Gasteiger partial charge in [0.1, 0.15) is 5.76 Å². The molecule has 30 heavy (non-hydrogen) atoms. The second-order valence-electron chi connectivity index (χ2n) is 7.55. The fourth-order valence-corrected chi connectivity index (χ4v) is 3.76. The number of nitrogens with zero attached hydrogens (tertiary/aromatic N) is 2. The third kappa shape index (κ3) is 6.78. The van der Waals surface area contributed by atoms with Crippen LogP contribution < -0.4 is 16.0 Å². The van der Waals surface area contributed by atoms with Crippen LogP contribution in [0.25, 0.3) is 0 Å². The summed E-state index contributed by atoms with van der Waals surface area (Å²) in [6.45, 7) is 5.20. The minimum atomic E-state index is 0.219. The summed E-state index contributed by atoms with van der Waals surface area (Å²) >= 11 is 0. The van der Waals surface area contributed by atoms with E-state index >= 15 is 0 Å². The normalized spacial score (nSPS) is 16.3. The Kier molecular flexibility index (Phi) is 9.05. The van der Waals surface area contributed by atoms with Crippen LogP contribution in [-0.4, -0.2) is 57.8 Å². The molecule has 1 unspecified atom stereocenters. The van der Waals surface area contributed by atoms with Crippen molar-refractivity contribution in [2.75, 3.05) is 52.3 Å². The van der Waals surface area contributed by atoms with Gasteiger partial charge in [0.25, 0.3) is 0 Å². The number of hydrogen-bond acceptors (Lipinski definition) is 5. The van der Waals surface area contributed by atoms with Gasteiger partial charge < -0.3 is 25.1 Å². The molecule has 3 rings (SSSR count). The first kappa shape index (κ1) is 22.2. The molecule has 1 aliphatic rings. The van der Waals surface area contributed by atoms with E-state index in [1.54, 1.807) is 20.4 Å². The number of methoxy groups -OCH3 is 1. The summed E-state index contributed by atoms with van der Waals surface area (Å²) in [6.07, 6.45) is 5.58. The Morgan fingerprint density at radius 1 is 1.13 bits per heavy atom. The molecule has 2 heterocycles. The number of rotatable bonds is 10. The minimum absolute atomic E-state index is 0.219. The predicted octanol–water partition coefficient (Wildman–Crippen LogP) is 3.23. The number of anilines is 1. The van der Waals surface area contributed by atoms with Gasteiger partial charge in [0.15, 0.2) is 5.96 Å². The fourth-order valence-electron chi connectivity index (χ4n) is 3.76. The molecule has 164 valence electrons. The van der Waals surface area contributed by atoms with Crippen LogP contribution in [0.15, 0.2) is 52.1 Å². The highest BCUT2D eigenvalue weighted by Gasteiger charge is 2.24. The molecule has 1 atom stereocenters. The average Bonchev–Trinajstić information content (AvgIpc) is 3.32. The van der Waals surface area contributed by atoms with E-state index in [2.05, 4.69) is 56.2 Å². The summed E-state index contributed by atoms with van der Waals surface area (Å²) in [5.41, 5.74) is 2.30. The Morgan fingerprint density at radius 3 is 2.60 bits per heavy atom. The lowest BCUT2D eigenvalue weighted by Crippen LogP contribution is -2.44. The Bertz CT molecular complexity index is 739. The topological polar surface area (TPSA) is 74.1 Å². The van der Waals surface area contributed by atoms with Crippen molar-refractivity contribution in [3.8, 4) is 0 Å². The van der Waals surface area contributed by atoms with Gasteiger partial charge in [0.2, 0.25) is 0 Å². The first-order chi connectivity index (χ1) is 14.8. The van der Waals surface area contributed by atoms with Gasteiger partial charge in [-0.3, -0.25) is 9.89 Å². The van der Waals surface area contributed by atoms with Crippen LogP contribution in [0.3, 0.4) is 0 Å². The summed E-state index contributed by atoms with van der Waals surface area (Å²) in [6, 6.07) is 12.7. The highest BCUT2D eigenvalue weighted by molar-refractivity contribution is 5.79. The molecule has 0 bridgehead atoms. The number of piperidine rings is 1. The standard InChI is InChI=1S/C23H35N5O2/c1-24-23(26-17-19-8-10-20(11-9-19)25-12-16-29-2)27-18-21(22-7-6-15-30-22)28-13-4-3-5-14-28/h6-11,15,21,25H,3-5,12-14,16-18H2,1-2H3,(H2,24,26,27). The number of hydrogen-bond donors (Lipinski definition) is 3. The van der Waals surface area contributed by atoms with Crippen molar-refractivity contribution in [3.05, 3.63) is 54.0 Å². The number of nitrogens with one attached hydrogen (secondary N) is 3. The van der Waals surface area contributed by atoms with Crippen LogP contribution >= 0.6 is 0 Å². The molecule has 7 heteroatoms. The lowest BCUT2D eigenvalue weighted by Gasteiger charge is -2.33. The largest absolute Gasteiger partial charge is 0.468 e. The van der Waals surface area contributed by atoms with Crippen molar-refractivity contribution < 1.29 is 9.15 Å². The molecular formula is C23H35N5O2. The lowest BCUT2D eigenvalue weighted by atomic mass is 10.1. The van der Waals surface area contributed by atoms with Crippen molar-refractivity contribution in [3.63, 3.8) is 0 Å². The van der Waals surface area contributed by atoms with Crippen LogP contribution in [0, 0.1) is 0 Å². The maximum absolute atomic E-state index is 5.73. The van der Waals surface area contributed by atoms with Gasteiger partial charge in [-0.1, -0.05) is 18.6 Å². The lowest BCUT2D eigenvalue weighted by molar-refractivity contribution is 0.146. The zero-order chi connectivity index (χ0) is 21.0. The number of likely N-dealkylation sites (tertiary alicyclic amines) is 1. The van der Waals surface area contributed by atoms with E-state index in [-0.39, 0.29) is 6.04 Å². The molecule has 0 amide bonds. The number of benzene rings is 1. The van der Waals surface area contributed by atoms with Gasteiger partial charge in [0.05, 0.1) is 18.9 Å². The van der Waals surface area contributed by atoms with Gasteiger partial charge in [-0.15, -0.1) is 0 Å². The maximum atomic E-state index is 5.73. The summed E-state index contributed by atoms with van der Waals surface area (Å²) in [5.74, 6) is 1.81. The van der Waals surface area contributed by atoms with Crippen molar-refractivity contribution in [2.45, 2.75) is 31.8 Å². The summed E-state index contributed by atoms with van der Waals surface area (Å²) < 4.78 is 10.8. The van der Waals surface area contributed by atoms with Crippen LogP contribution in [0.2, 0.25) is 0 Å². The predicted molar refractivity (Wildman–Crippen MR) is 122 cm³/mol. The molecule has 1 aromatic carbocycles. The highest BCUT2D eigenvalue weighted by Crippen LogP contribution is 2.24. The Balaban J connectivity index is 1.49. The molecule has 1 aromatic heterocycles. The van der Waals surface area contributed by atoms with Gasteiger partial charge in [-0.2, -0.15) is 0 Å². The van der Waals surface area contributed by atoms with Crippen LogP contribution in [0.5, 0.6) is 0 Å². The van der Waals surface area contributed by atoms with Gasteiger partial charge in [-0.25, -0.2) is 0 Å². The van der Waals surface area contributed by atoms with Gasteiger partial charge in [0, 0.05) is 39.5 Å². The molecule has 0 radical (unpaired) electrons. The number of furan rings is 1. The molecule has 1 aliphatic heterocycles. The SMILES string of the molecule is CN=C(NCc1ccc(NCCOC)cc1)NCC(c1ccco1)N1CCCCC1. The molecule has 0 aliphatic carbocycles. The second-order valence-corrected chi connectivity index (χ2v) is 7.55. The quantitative estimate of drug-likeness (QED) is 0.316. The van der Waals surface area contributed by atoms with Crippen molar-refractivity contribution in [1.82, 2.24) is 15.5 Å². The minimum Gasteiger partial charge on any atom is -0.468 e. The second kappa shape index (κ2) is 12.2. The van der Waals surface area contributed by atoms with Crippen molar-refractivity contribution in [1.29, 1.82) is 0 Å². The van der Waals surface area contributed by atoms with E-state index in [4.69, 9.17) is 9.15 Å². The molecule has 0 spiro atoms. The van der Waals surface area contributed by atoms with Gasteiger partial charge in [-0.05, 0) is 55.8 Å². The molecule has 2 aromatic rings. The van der Waals surface area contributed by atoms with Crippen molar-refractivity contribution in [2.24, 2.45) is 4.99 Å². The van der Waals surface area contributed by atoms with Crippen LogP contribution in [0.1, 0.15) is 36.6 Å². The van der Waals surface area contributed by atoms with E-state index < -0.39 is 0 Å².